The summed E-state index contributed by atoms with van der Waals surface area (Å²) in [7, 11) is -3.70. The second-order valence-corrected chi connectivity index (χ2v) is 8.89. The average Bonchev–Trinajstić information content (AvgIpc) is 2.96. The van der Waals surface area contributed by atoms with Gasteiger partial charge in [-0.15, -0.1) is 0 Å². The van der Waals surface area contributed by atoms with Crippen molar-refractivity contribution in [2.75, 3.05) is 22.0 Å². The Balaban J connectivity index is 1.69. The van der Waals surface area contributed by atoms with E-state index >= 15 is 0 Å². The smallest absolute Gasteiger partial charge is 0.232 e. The first-order chi connectivity index (χ1) is 13.2. The van der Waals surface area contributed by atoms with Gasteiger partial charge in [0.2, 0.25) is 15.9 Å². The zero-order valence-electron chi connectivity index (χ0n) is 15.7. The Hall–Kier alpha value is -2.48. The standard InChI is InChI=1S/C20H22F2N2O3S/c1-14-12-15-6-3-4-7-19(15)24(14)20(25)8-5-11-23(28(2,26)27)16-9-10-17(21)18(22)13-16/h3-4,6-7,9-10,13-14H,5,8,11-12H2,1-2H3/t14-/m1/s1. The summed E-state index contributed by atoms with van der Waals surface area (Å²) in [6.45, 7) is 1.97. The van der Waals surface area contributed by atoms with Crippen LogP contribution in [0, 0.1) is 11.6 Å². The first-order valence-electron chi connectivity index (χ1n) is 9.01. The molecule has 1 atom stereocenters. The fourth-order valence-corrected chi connectivity index (χ4v) is 4.52. The monoisotopic (exact) mass is 408 g/mol. The highest BCUT2D eigenvalue weighted by molar-refractivity contribution is 7.92. The summed E-state index contributed by atoms with van der Waals surface area (Å²) in [6, 6.07) is 10.7. The van der Waals surface area contributed by atoms with E-state index in [1.165, 1.54) is 6.07 Å². The van der Waals surface area contributed by atoms with Crippen LogP contribution in [0.15, 0.2) is 42.5 Å². The first-order valence-corrected chi connectivity index (χ1v) is 10.9. The average molecular weight is 408 g/mol. The van der Waals surface area contributed by atoms with E-state index in [0.29, 0.717) is 0 Å². The third-order valence-electron chi connectivity index (χ3n) is 4.82. The van der Waals surface area contributed by atoms with Crippen molar-refractivity contribution in [1.82, 2.24) is 0 Å². The van der Waals surface area contributed by atoms with E-state index in [9.17, 15) is 22.0 Å². The van der Waals surface area contributed by atoms with Gasteiger partial charge in [0, 0.05) is 30.8 Å². The summed E-state index contributed by atoms with van der Waals surface area (Å²) in [5.74, 6) is -2.25. The molecule has 5 nitrogen and oxygen atoms in total. The summed E-state index contributed by atoms with van der Waals surface area (Å²) in [5.41, 5.74) is 2.04. The molecule has 28 heavy (non-hydrogen) atoms. The Kier molecular flexibility index (Phi) is 5.69. The van der Waals surface area contributed by atoms with E-state index in [1.807, 2.05) is 31.2 Å². The Bertz CT molecular complexity index is 995. The van der Waals surface area contributed by atoms with E-state index < -0.39 is 21.7 Å². The number of sulfonamides is 1. The molecule has 2 aromatic rings. The lowest BCUT2D eigenvalue weighted by molar-refractivity contribution is -0.118. The number of para-hydroxylation sites is 1. The van der Waals surface area contributed by atoms with E-state index in [-0.39, 0.29) is 37.0 Å². The van der Waals surface area contributed by atoms with Gasteiger partial charge >= 0.3 is 0 Å². The molecule has 0 saturated carbocycles. The SMILES string of the molecule is C[C@@H]1Cc2ccccc2N1C(=O)CCCN(c1ccc(F)c(F)c1)S(C)(=O)=O. The highest BCUT2D eigenvalue weighted by Gasteiger charge is 2.30. The molecule has 150 valence electrons. The summed E-state index contributed by atoms with van der Waals surface area (Å²) >= 11 is 0. The van der Waals surface area contributed by atoms with Crippen LogP contribution < -0.4 is 9.21 Å². The minimum absolute atomic E-state index is 0.000483. The minimum Gasteiger partial charge on any atom is -0.309 e. The Morgan fingerprint density at radius 1 is 1.18 bits per heavy atom. The lowest BCUT2D eigenvalue weighted by atomic mass is 10.1. The third-order valence-corrected chi connectivity index (χ3v) is 6.01. The van der Waals surface area contributed by atoms with Gasteiger partial charge in [-0.2, -0.15) is 0 Å². The lowest BCUT2D eigenvalue weighted by Gasteiger charge is -2.25. The van der Waals surface area contributed by atoms with Crippen molar-refractivity contribution in [3.8, 4) is 0 Å². The van der Waals surface area contributed by atoms with Crippen LogP contribution in [0.1, 0.15) is 25.3 Å². The van der Waals surface area contributed by atoms with Crippen LogP contribution in [-0.4, -0.2) is 33.2 Å². The van der Waals surface area contributed by atoms with Crippen LogP contribution in [0.25, 0.3) is 0 Å². The normalized spacial score (nSPS) is 16.1. The highest BCUT2D eigenvalue weighted by Crippen LogP contribution is 2.32. The quantitative estimate of drug-likeness (QED) is 0.735. The Morgan fingerprint density at radius 2 is 1.89 bits per heavy atom. The fraction of sp³-hybridized carbons (Fsp3) is 0.350. The lowest BCUT2D eigenvalue weighted by Crippen LogP contribution is -2.37. The number of nitrogens with zero attached hydrogens (tertiary/aromatic N) is 2. The summed E-state index contributed by atoms with van der Waals surface area (Å²) in [5, 5.41) is 0. The van der Waals surface area contributed by atoms with Gasteiger partial charge in [0.25, 0.3) is 0 Å². The van der Waals surface area contributed by atoms with Crippen molar-refractivity contribution in [3.63, 3.8) is 0 Å². The minimum atomic E-state index is -3.70. The maximum Gasteiger partial charge on any atom is 0.232 e. The predicted molar refractivity (Wildman–Crippen MR) is 105 cm³/mol. The number of carbonyl (C=O) groups excluding carboxylic acids is 1. The van der Waals surface area contributed by atoms with Crippen molar-refractivity contribution in [2.24, 2.45) is 0 Å². The van der Waals surface area contributed by atoms with Gasteiger partial charge in [0.15, 0.2) is 11.6 Å². The van der Waals surface area contributed by atoms with E-state index in [1.54, 1.807) is 4.90 Å². The molecule has 0 aromatic heterocycles. The van der Waals surface area contributed by atoms with Crippen LogP contribution in [0.5, 0.6) is 0 Å². The predicted octanol–water partition coefficient (Wildman–Crippen LogP) is 3.49. The number of fused-ring (bicyclic) bond motifs is 1. The van der Waals surface area contributed by atoms with Gasteiger partial charge in [0.1, 0.15) is 0 Å². The number of amides is 1. The number of benzene rings is 2. The summed E-state index contributed by atoms with van der Waals surface area (Å²) in [6.07, 6.45) is 2.19. The molecule has 8 heteroatoms. The van der Waals surface area contributed by atoms with Crippen LogP contribution in [0.2, 0.25) is 0 Å². The van der Waals surface area contributed by atoms with Crippen LogP contribution in [0.4, 0.5) is 20.2 Å². The zero-order chi connectivity index (χ0) is 20.5. The molecule has 0 fully saturated rings. The van der Waals surface area contributed by atoms with Gasteiger partial charge < -0.3 is 4.90 Å². The van der Waals surface area contributed by atoms with E-state index in [4.69, 9.17) is 0 Å². The van der Waals surface area contributed by atoms with Crippen LogP contribution >= 0.6 is 0 Å². The molecular weight excluding hydrogens is 386 g/mol. The molecule has 0 spiro atoms. The fourth-order valence-electron chi connectivity index (χ4n) is 3.57. The van der Waals surface area contributed by atoms with Crippen LogP contribution in [0.3, 0.4) is 0 Å². The first kappa shape index (κ1) is 20.3. The molecule has 3 rings (SSSR count). The molecule has 0 N–H and O–H groups in total. The van der Waals surface area contributed by atoms with E-state index in [2.05, 4.69) is 0 Å². The van der Waals surface area contributed by atoms with Gasteiger partial charge in [-0.05, 0) is 43.5 Å². The molecule has 0 bridgehead atoms. The largest absolute Gasteiger partial charge is 0.309 e. The molecule has 2 aromatic carbocycles. The second kappa shape index (κ2) is 7.87. The topological polar surface area (TPSA) is 57.7 Å². The van der Waals surface area contributed by atoms with Crippen molar-refractivity contribution in [3.05, 3.63) is 59.7 Å². The van der Waals surface area contributed by atoms with Gasteiger partial charge in [-0.25, -0.2) is 17.2 Å². The molecular formula is C20H22F2N2O3S. The number of hydrogen-bond donors (Lipinski definition) is 0. The molecule has 0 aliphatic carbocycles. The van der Waals surface area contributed by atoms with E-state index in [0.717, 1.165) is 40.4 Å². The number of hydrogen-bond acceptors (Lipinski definition) is 3. The van der Waals surface area contributed by atoms with Crippen molar-refractivity contribution in [2.45, 2.75) is 32.2 Å². The van der Waals surface area contributed by atoms with Gasteiger partial charge in [-0.3, -0.25) is 9.10 Å². The highest BCUT2D eigenvalue weighted by atomic mass is 32.2. The number of anilines is 2. The second-order valence-electron chi connectivity index (χ2n) is 6.98. The molecule has 1 aliphatic rings. The molecule has 1 aliphatic heterocycles. The molecule has 1 heterocycles. The van der Waals surface area contributed by atoms with Crippen molar-refractivity contribution >= 4 is 27.3 Å². The van der Waals surface area contributed by atoms with Crippen molar-refractivity contribution in [1.29, 1.82) is 0 Å². The summed E-state index contributed by atoms with van der Waals surface area (Å²) < 4.78 is 51.8. The Morgan fingerprint density at radius 3 is 2.57 bits per heavy atom. The maximum atomic E-state index is 13.5. The summed E-state index contributed by atoms with van der Waals surface area (Å²) in [4.78, 5) is 14.5. The molecule has 0 saturated heterocycles. The van der Waals surface area contributed by atoms with Crippen molar-refractivity contribution < 1.29 is 22.0 Å². The van der Waals surface area contributed by atoms with Gasteiger partial charge in [-0.1, -0.05) is 18.2 Å². The molecule has 0 radical (unpaired) electrons. The number of halogens is 2. The Labute approximate surface area is 163 Å². The third kappa shape index (κ3) is 4.16. The number of carbonyl (C=O) groups is 1. The maximum absolute atomic E-state index is 13.5. The van der Waals surface area contributed by atoms with Crippen LogP contribution in [-0.2, 0) is 21.2 Å². The number of rotatable bonds is 6. The molecule has 1 amide bonds. The molecule has 0 unspecified atom stereocenters. The van der Waals surface area contributed by atoms with Gasteiger partial charge in [0.05, 0.1) is 11.9 Å². The zero-order valence-corrected chi connectivity index (χ0v) is 16.5.